The Labute approximate surface area is 72.6 Å². The van der Waals surface area contributed by atoms with Gasteiger partial charge in [-0.2, -0.15) is 0 Å². The summed E-state index contributed by atoms with van der Waals surface area (Å²) in [5, 5.41) is 0. The van der Waals surface area contributed by atoms with Gasteiger partial charge in [0.25, 0.3) is 0 Å². The average Bonchev–Trinajstić information content (AvgIpc) is 2.05. The first-order valence-corrected chi connectivity index (χ1v) is 4.01. The van der Waals surface area contributed by atoms with Crippen LogP contribution in [0, 0.1) is 6.92 Å². The van der Waals surface area contributed by atoms with Crippen molar-refractivity contribution in [1.82, 2.24) is 4.98 Å². The largest absolute Gasteiger partial charge is 0.375 e. The van der Waals surface area contributed by atoms with Crippen LogP contribution in [0.1, 0.15) is 11.1 Å². The molecule has 0 aliphatic carbocycles. The fraction of sp³-hybridized carbons (Fsp3) is 0.444. The van der Waals surface area contributed by atoms with E-state index >= 15 is 0 Å². The van der Waals surface area contributed by atoms with Gasteiger partial charge < -0.3 is 10.5 Å². The molecule has 1 aromatic rings. The van der Waals surface area contributed by atoms with Crippen molar-refractivity contribution >= 4 is 0 Å². The molecule has 3 nitrogen and oxygen atoms in total. The van der Waals surface area contributed by atoms with E-state index in [-0.39, 0.29) is 0 Å². The highest BCUT2D eigenvalue weighted by Crippen LogP contribution is 2.02. The summed E-state index contributed by atoms with van der Waals surface area (Å²) in [5.41, 5.74) is 7.54. The maximum atomic E-state index is 5.28. The van der Waals surface area contributed by atoms with E-state index in [2.05, 4.69) is 11.1 Å². The van der Waals surface area contributed by atoms with Gasteiger partial charge in [0.15, 0.2) is 0 Å². The molecule has 0 atom stereocenters. The van der Waals surface area contributed by atoms with Crippen molar-refractivity contribution in [3.05, 3.63) is 29.6 Å². The maximum absolute atomic E-state index is 5.28. The number of nitrogens with zero attached hydrogens (tertiary/aromatic N) is 1. The van der Waals surface area contributed by atoms with Crippen molar-refractivity contribution in [2.75, 3.05) is 13.2 Å². The third-order valence-electron chi connectivity index (χ3n) is 1.46. The lowest BCUT2D eigenvalue weighted by Gasteiger charge is -2.02. The minimum absolute atomic E-state index is 0.569. The lowest BCUT2D eigenvalue weighted by Crippen LogP contribution is -2.08. The standard InChI is InChI=1S/C9H14N2O/c1-8-4-9(6-11-5-8)7-12-3-2-10/h4-6H,2-3,7,10H2,1H3. The van der Waals surface area contributed by atoms with Crippen LogP contribution in [-0.2, 0) is 11.3 Å². The summed E-state index contributed by atoms with van der Waals surface area (Å²) in [4.78, 5) is 4.05. The minimum atomic E-state index is 0.569. The number of aryl methyl sites for hydroxylation is 1. The number of rotatable bonds is 4. The topological polar surface area (TPSA) is 48.1 Å². The zero-order valence-corrected chi connectivity index (χ0v) is 7.29. The summed E-state index contributed by atoms with van der Waals surface area (Å²) in [5.74, 6) is 0. The summed E-state index contributed by atoms with van der Waals surface area (Å²) < 4.78 is 5.26. The van der Waals surface area contributed by atoms with Crippen molar-refractivity contribution in [2.45, 2.75) is 13.5 Å². The second-order valence-electron chi connectivity index (χ2n) is 2.71. The van der Waals surface area contributed by atoms with Gasteiger partial charge in [-0.05, 0) is 18.1 Å². The maximum Gasteiger partial charge on any atom is 0.0732 e. The average molecular weight is 166 g/mol. The van der Waals surface area contributed by atoms with Crippen molar-refractivity contribution < 1.29 is 4.74 Å². The molecule has 0 aliphatic rings. The van der Waals surface area contributed by atoms with Gasteiger partial charge in [0.1, 0.15) is 0 Å². The molecule has 0 spiro atoms. The third-order valence-corrected chi connectivity index (χ3v) is 1.46. The zero-order chi connectivity index (χ0) is 8.81. The summed E-state index contributed by atoms with van der Waals surface area (Å²) in [7, 11) is 0. The van der Waals surface area contributed by atoms with E-state index in [9.17, 15) is 0 Å². The Morgan fingerprint density at radius 2 is 2.33 bits per heavy atom. The fourth-order valence-electron chi connectivity index (χ4n) is 0.970. The molecule has 0 unspecified atom stereocenters. The molecule has 0 radical (unpaired) electrons. The molecule has 3 heteroatoms. The number of aromatic nitrogens is 1. The van der Waals surface area contributed by atoms with E-state index in [0.29, 0.717) is 19.8 Å². The molecule has 12 heavy (non-hydrogen) atoms. The van der Waals surface area contributed by atoms with Gasteiger partial charge >= 0.3 is 0 Å². The molecule has 2 N–H and O–H groups in total. The summed E-state index contributed by atoms with van der Waals surface area (Å²) in [6.45, 7) is 3.79. The molecule has 1 rings (SSSR count). The monoisotopic (exact) mass is 166 g/mol. The van der Waals surface area contributed by atoms with Crippen LogP contribution in [0.4, 0.5) is 0 Å². The van der Waals surface area contributed by atoms with Crippen molar-refractivity contribution in [3.63, 3.8) is 0 Å². The molecule has 0 saturated carbocycles. The number of nitrogens with two attached hydrogens (primary N) is 1. The van der Waals surface area contributed by atoms with E-state index in [0.717, 1.165) is 11.1 Å². The van der Waals surface area contributed by atoms with Gasteiger partial charge in [0, 0.05) is 18.9 Å². The van der Waals surface area contributed by atoms with Crippen LogP contribution in [-0.4, -0.2) is 18.1 Å². The van der Waals surface area contributed by atoms with Gasteiger partial charge in [0.05, 0.1) is 13.2 Å². The molecular formula is C9H14N2O. The number of pyridine rings is 1. The highest BCUT2D eigenvalue weighted by atomic mass is 16.5. The summed E-state index contributed by atoms with van der Waals surface area (Å²) in [6.07, 6.45) is 3.63. The number of ether oxygens (including phenoxy) is 1. The van der Waals surface area contributed by atoms with Gasteiger partial charge in [-0.3, -0.25) is 4.98 Å². The van der Waals surface area contributed by atoms with Crippen LogP contribution in [0.5, 0.6) is 0 Å². The number of hydrogen-bond donors (Lipinski definition) is 1. The van der Waals surface area contributed by atoms with Crippen LogP contribution >= 0.6 is 0 Å². The predicted molar refractivity (Wildman–Crippen MR) is 47.7 cm³/mol. The molecule has 0 aliphatic heterocycles. The molecule has 1 heterocycles. The highest BCUT2D eigenvalue weighted by molar-refractivity contribution is 5.15. The zero-order valence-electron chi connectivity index (χ0n) is 7.29. The van der Waals surface area contributed by atoms with E-state index in [4.69, 9.17) is 10.5 Å². The Balaban J connectivity index is 2.41. The Morgan fingerprint density at radius 3 is 3.00 bits per heavy atom. The van der Waals surface area contributed by atoms with Gasteiger partial charge in [-0.1, -0.05) is 6.07 Å². The van der Waals surface area contributed by atoms with E-state index < -0.39 is 0 Å². The van der Waals surface area contributed by atoms with Crippen LogP contribution in [0.15, 0.2) is 18.5 Å². The van der Waals surface area contributed by atoms with Crippen molar-refractivity contribution in [1.29, 1.82) is 0 Å². The molecular weight excluding hydrogens is 152 g/mol. The summed E-state index contributed by atoms with van der Waals surface area (Å²) in [6, 6.07) is 2.06. The highest BCUT2D eigenvalue weighted by Gasteiger charge is 1.92. The molecule has 0 saturated heterocycles. The normalized spacial score (nSPS) is 10.2. The molecule has 1 aromatic heterocycles. The van der Waals surface area contributed by atoms with E-state index in [1.807, 2.05) is 19.3 Å². The smallest absolute Gasteiger partial charge is 0.0732 e. The summed E-state index contributed by atoms with van der Waals surface area (Å²) >= 11 is 0. The second-order valence-corrected chi connectivity index (χ2v) is 2.71. The molecule has 66 valence electrons. The Morgan fingerprint density at radius 1 is 1.50 bits per heavy atom. The van der Waals surface area contributed by atoms with Crippen LogP contribution in [0.25, 0.3) is 0 Å². The van der Waals surface area contributed by atoms with E-state index in [1.54, 1.807) is 0 Å². The quantitative estimate of drug-likeness (QED) is 0.675. The molecule has 0 amide bonds. The Hall–Kier alpha value is -0.930. The van der Waals surface area contributed by atoms with Crippen molar-refractivity contribution in [3.8, 4) is 0 Å². The van der Waals surface area contributed by atoms with Crippen LogP contribution < -0.4 is 5.73 Å². The molecule has 0 aromatic carbocycles. The van der Waals surface area contributed by atoms with Gasteiger partial charge in [-0.15, -0.1) is 0 Å². The SMILES string of the molecule is Cc1cncc(COCCN)c1. The Kier molecular flexibility index (Phi) is 3.70. The first kappa shape index (κ1) is 9.16. The molecule has 0 bridgehead atoms. The second kappa shape index (κ2) is 4.85. The first-order valence-electron chi connectivity index (χ1n) is 4.01. The predicted octanol–water partition coefficient (Wildman–Crippen LogP) is 0.865. The third kappa shape index (κ3) is 2.98. The Bertz CT molecular complexity index is 238. The van der Waals surface area contributed by atoms with Gasteiger partial charge in [0.2, 0.25) is 0 Å². The van der Waals surface area contributed by atoms with Crippen molar-refractivity contribution in [2.24, 2.45) is 5.73 Å². The van der Waals surface area contributed by atoms with Gasteiger partial charge in [-0.25, -0.2) is 0 Å². The van der Waals surface area contributed by atoms with Crippen LogP contribution in [0.2, 0.25) is 0 Å². The minimum Gasteiger partial charge on any atom is -0.375 e. The molecule has 0 fully saturated rings. The lowest BCUT2D eigenvalue weighted by atomic mass is 10.2. The lowest BCUT2D eigenvalue weighted by molar-refractivity contribution is 0.128. The first-order chi connectivity index (χ1) is 5.83. The number of hydrogen-bond acceptors (Lipinski definition) is 3. The van der Waals surface area contributed by atoms with Crippen LogP contribution in [0.3, 0.4) is 0 Å². The van der Waals surface area contributed by atoms with E-state index in [1.165, 1.54) is 0 Å². The fourth-order valence-corrected chi connectivity index (χ4v) is 0.970.